The van der Waals surface area contributed by atoms with E-state index in [0.29, 0.717) is 5.69 Å². The van der Waals surface area contributed by atoms with Crippen molar-refractivity contribution in [3.05, 3.63) is 47.8 Å². The van der Waals surface area contributed by atoms with E-state index in [9.17, 15) is 8.42 Å². The van der Waals surface area contributed by atoms with Crippen molar-refractivity contribution >= 4 is 10.0 Å². The molecular formula is C12H15N3O2S. The third-order valence-electron chi connectivity index (χ3n) is 2.54. The quantitative estimate of drug-likeness (QED) is 0.903. The minimum atomic E-state index is -3.47. The molecule has 18 heavy (non-hydrogen) atoms. The highest BCUT2D eigenvalue weighted by Gasteiger charge is 2.13. The van der Waals surface area contributed by atoms with Gasteiger partial charge >= 0.3 is 0 Å². The lowest BCUT2D eigenvalue weighted by Gasteiger charge is -2.05. The number of nitrogens with zero attached hydrogens (tertiary/aromatic N) is 2. The molecule has 0 aliphatic carbocycles. The number of hydrogen-bond donors (Lipinski definition) is 1. The Bertz CT molecular complexity index is 630. The fraction of sp³-hybridized carbons (Fsp3) is 0.250. The van der Waals surface area contributed by atoms with E-state index in [1.165, 1.54) is 0 Å². The summed E-state index contributed by atoms with van der Waals surface area (Å²) >= 11 is 0. The van der Waals surface area contributed by atoms with Crippen LogP contribution in [0.2, 0.25) is 0 Å². The molecule has 0 aliphatic rings. The summed E-state index contributed by atoms with van der Waals surface area (Å²) in [6, 6.07) is 8.51. The van der Waals surface area contributed by atoms with Crippen molar-refractivity contribution in [3.8, 4) is 0 Å². The van der Waals surface area contributed by atoms with Gasteiger partial charge in [-0.25, -0.2) is 13.1 Å². The molecule has 1 N–H and O–H groups in total. The van der Waals surface area contributed by atoms with Gasteiger partial charge in [0.1, 0.15) is 0 Å². The summed E-state index contributed by atoms with van der Waals surface area (Å²) in [5.41, 5.74) is 1.71. The predicted octanol–water partition coefficient (Wildman–Crippen LogP) is 1.21. The Labute approximate surface area is 107 Å². The molecule has 0 amide bonds. The van der Waals surface area contributed by atoms with Crippen molar-refractivity contribution in [1.29, 1.82) is 0 Å². The summed E-state index contributed by atoms with van der Waals surface area (Å²) in [5, 5.41) is 4.11. The normalized spacial score (nSPS) is 11.7. The van der Waals surface area contributed by atoms with E-state index in [4.69, 9.17) is 0 Å². The number of aryl methyl sites for hydroxylation is 2. The first-order chi connectivity index (χ1) is 8.47. The van der Waals surface area contributed by atoms with Gasteiger partial charge in [-0.15, -0.1) is 0 Å². The molecule has 1 aromatic heterocycles. The average molecular weight is 265 g/mol. The Hall–Kier alpha value is -1.66. The van der Waals surface area contributed by atoms with Gasteiger partial charge < -0.3 is 0 Å². The molecule has 96 valence electrons. The van der Waals surface area contributed by atoms with Crippen molar-refractivity contribution in [2.24, 2.45) is 7.05 Å². The van der Waals surface area contributed by atoms with Crippen molar-refractivity contribution in [2.75, 3.05) is 0 Å². The van der Waals surface area contributed by atoms with Gasteiger partial charge in [0.25, 0.3) is 0 Å². The van der Waals surface area contributed by atoms with E-state index in [2.05, 4.69) is 9.82 Å². The summed E-state index contributed by atoms with van der Waals surface area (Å²) in [5.74, 6) is 0. The van der Waals surface area contributed by atoms with Crippen LogP contribution < -0.4 is 4.72 Å². The molecular weight excluding hydrogens is 250 g/mol. The lowest BCUT2D eigenvalue weighted by atomic mass is 10.2. The van der Waals surface area contributed by atoms with Crippen molar-refractivity contribution in [3.63, 3.8) is 0 Å². The molecule has 6 heteroatoms. The molecule has 0 spiro atoms. The maximum Gasteiger partial charge on any atom is 0.240 e. The van der Waals surface area contributed by atoms with Crippen LogP contribution in [-0.2, 0) is 23.6 Å². The largest absolute Gasteiger partial charge is 0.276 e. The lowest BCUT2D eigenvalue weighted by Crippen LogP contribution is -2.23. The second-order valence-electron chi connectivity index (χ2n) is 4.12. The lowest BCUT2D eigenvalue weighted by molar-refractivity contribution is 0.579. The van der Waals surface area contributed by atoms with Gasteiger partial charge in [-0.05, 0) is 25.1 Å². The highest BCUT2D eigenvalue weighted by molar-refractivity contribution is 7.89. The number of hydrogen-bond acceptors (Lipinski definition) is 3. The zero-order valence-corrected chi connectivity index (χ0v) is 11.1. The smallest absolute Gasteiger partial charge is 0.240 e. The van der Waals surface area contributed by atoms with Crippen LogP contribution in [-0.4, -0.2) is 18.2 Å². The monoisotopic (exact) mass is 265 g/mol. The fourth-order valence-electron chi connectivity index (χ4n) is 1.53. The molecule has 1 aromatic carbocycles. The SMILES string of the molecule is Cc1ccc(S(=O)(=O)NCc2ccn(C)n2)cc1. The molecule has 0 saturated heterocycles. The number of sulfonamides is 1. The van der Waals surface area contributed by atoms with E-state index in [1.807, 2.05) is 6.92 Å². The van der Waals surface area contributed by atoms with E-state index < -0.39 is 10.0 Å². The van der Waals surface area contributed by atoms with Gasteiger partial charge in [0.05, 0.1) is 17.1 Å². The molecule has 1 heterocycles. The zero-order valence-electron chi connectivity index (χ0n) is 10.3. The van der Waals surface area contributed by atoms with Crippen molar-refractivity contribution in [2.45, 2.75) is 18.4 Å². The van der Waals surface area contributed by atoms with Crippen LogP contribution in [0.1, 0.15) is 11.3 Å². The Morgan fingerprint density at radius 1 is 1.22 bits per heavy atom. The van der Waals surface area contributed by atoms with Gasteiger partial charge in [0.2, 0.25) is 10.0 Å². The van der Waals surface area contributed by atoms with Crippen LogP contribution in [0.4, 0.5) is 0 Å². The number of benzene rings is 1. The first-order valence-electron chi connectivity index (χ1n) is 5.52. The number of nitrogens with one attached hydrogen (secondary N) is 1. The van der Waals surface area contributed by atoms with Gasteiger partial charge in [-0.2, -0.15) is 5.10 Å². The molecule has 0 radical (unpaired) electrons. The van der Waals surface area contributed by atoms with Crippen LogP contribution in [0, 0.1) is 6.92 Å². The first kappa shape index (κ1) is 12.8. The van der Waals surface area contributed by atoms with E-state index >= 15 is 0 Å². The van der Waals surface area contributed by atoms with Crippen LogP contribution in [0.5, 0.6) is 0 Å². The van der Waals surface area contributed by atoms with Gasteiger partial charge in [0, 0.05) is 13.2 Å². The standard InChI is InChI=1S/C12H15N3O2S/c1-10-3-5-12(6-4-10)18(16,17)13-9-11-7-8-15(2)14-11/h3-8,13H,9H2,1-2H3. The second kappa shape index (κ2) is 4.91. The molecule has 0 bridgehead atoms. The van der Waals surface area contributed by atoms with E-state index in [0.717, 1.165) is 5.56 Å². The summed E-state index contributed by atoms with van der Waals surface area (Å²) in [4.78, 5) is 0.268. The third-order valence-corrected chi connectivity index (χ3v) is 3.96. The maximum atomic E-state index is 12.0. The molecule has 2 aromatic rings. The molecule has 5 nitrogen and oxygen atoms in total. The summed E-state index contributed by atoms with van der Waals surface area (Å²) in [7, 11) is -1.68. The summed E-state index contributed by atoms with van der Waals surface area (Å²) in [6.07, 6.45) is 1.77. The topological polar surface area (TPSA) is 64.0 Å². The van der Waals surface area contributed by atoms with Crippen molar-refractivity contribution in [1.82, 2.24) is 14.5 Å². The molecule has 0 saturated carbocycles. The zero-order chi connectivity index (χ0) is 13.2. The Morgan fingerprint density at radius 2 is 1.89 bits per heavy atom. The van der Waals surface area contributed by atoms with Gasteiger partial charge in [-0.1, -0.05) is 17.7 Å². The second-order valence-corrected chi connectivity index (χ2v) is 5.89. The Kier molecular flexibility index (Phi) is 3.49. The summed E-state index contributed by atoms with van der Waals surface area (Å²) < 4.78 is 28.1. The minimum absolute atomic E-state index is 0.192. The maximum absolute atomic E-state index is 12.0. The van der Waals surface area contributed by atoms with Crippen molar-refractivity contribution < 1.29 is 8.42 Å². The van der Waals surface area contributed by atoms with E-state index in [1.54, 1.807) is 48.3 Å². The Morgan fingerprint density at radius 3 is 2.44 bits per heavy atom. The number of rotatable bonds is 4. The van der Waals surface area contributed by atoms with Crippen LogP contribution >= 0.6 is 0 Å². The average Bonchev–Trinajstić information content (AvgIpc) is 2.73. The summed E-state index contributed by atoms with van der Waals surface area (Å²) in [6.45, 7) is 2.11. The minimum Gasteiger partial charge on any atom is -0.276 e. The third kappa shape index (κ3) is 2.96. The molecule has 0 atom stereocenters. The van der Waals surface area contributed by atoms with E-state index in [-0.39, 0.29) is 11.4 Å². The van der Waals surface area contributed by atoms with Crippen LogP contribution in [0.25, 0.3) is 0 Å². The number of aromatic nitrogens is 2. The van der Waals surface area contributed by atoms with Gasteiger partial charge in [-0.3, -0.25) is 4.68 Å². The fourth-order valence-corrected chi connectivity index (χ4v) is 2.53. The highest BCUT2D eigenvalue weighted by atomic mass is 32.2. The molecule has 0 unspecified atom stereocenters. The molecule has 0 fully saturated rings. The van der Waals surface area contributed by atoms with Gasteiger partial charge in [0.15, 0.2) is 0 Å². The van der Waals surface area contributed by atoms with Crippen LogP contribution in [0.3, 0.4) is 0 Å². The Balaban J connectivity index is 2.10. The highest BCUT2D eigenvalue weighted by Crippen LogP contribution is 2.10. The van der Waals surface area contributed by atoms with Crippen LogP contribution in [0.15, 0.2) is 41.4 Å². The molecule has 0 aliphatic heterocycles. The molecule has 2 rings (SSSR count). The predicted molar refractivity (Wildman–Crippen MR) is 68.4 cm³/mol. The first-order valence-corrected chi connectivity index (χ1v) is 7.00.